The first-order chi connectivity index (χ1) is 38.6. The first-order valence-electron chi connectivity index (χ1n) is 32.7. The highest BCUT2D eigenvalue weighted by Crippen LogP contribution is 2.17. The number of carbonyl (C=O) groups is 3. The SMILES string of the molecule is CC/C=C\C/C=C\C/C=C\C/C=C\C/C=C\C/C=C\C/C=C\CCCCCCCCCCCCCCCCCC(=O)OC(COC(=O)CCCCCCCCCCCCCCCCCCC)COC(OCC[N+](C)(C)C)C(=O)[O-]. The first-order valence-corrected chi connectivity index (χ1v) is 32.7. The number of rotatable bonds is 60. The van der Waals surface area contributed by atoms with Gasteiger partial charge in [-0.05, 0) is 70.6 Å². The number of quaternary nitrogens is 1. The van der Waals surface area contributed by atoms with Crippen LogP contribution in [0.3, 0.4) is 0 Å². The summed E-state index contributed by atoms with van der Waals surface area (Å²) < 4.78 is 22.8. The molecule has 79 heavy (non-hydrogen) atoms. The van der Waals surface area contributed by atoms with E-state index in [9.17, 15) is 19.5 Å². The third-order valence-electron chi connectivity index (χ3n) is 14.2. The molecule has 0 saturated carbocycles. The number of hydrogen-bond donors (Lipinski definition) is 0. The van der Waals surface area contributed by atoms with Crippen molar-refractivity contribution in [2.45, 2.75) is 296 Å². The molecular formula is C70H123NO8. The van der Waals surface area contributed by atoms with E-state index < -0.39 is 24.3 Å². The molecule has 0 spiro atoms. The van der Waals surface area contributed by atoms with E-state index in [0.29, 0.717) is 23.9 Å². The summed E-state index contributed by atoms with van der Waals surface area (Å²) in [6.45, 7) is 4.66. The lowest BCUT2D eigenvalue weighted by Gasteiger charge is -2.26. The maximum absolute atomic E-state index is 12.9. The van der Waals surface area contributed by atoms with Crippen LogP contribution in [0.5, 0.6) is 0 Å². The molecule has 0 N–H and O–H groups in total. The van der Waals surface area contributed by atoms with Crippen molar-refractivity contribution in [3.05, 3.63) is 85.1 Å². The van der Waals surface area contributed by atoms with Crippen LogP contribution in [0.4, 0.5) is 0 Å². The largest absolute Gasteiger partial charge is 0.545 e. The Labute approximate surface area is 487 Å². The van der Waals surface area contributed by atoms with Gasteiger partial charge in [-0.2, -0.15) is 0 Å². The van der Waals surface area contributed by atoms with Crippen molar-refractivity contribution in [1.29, 1.82) is 0 Å². The van der Waals surface area contributed by atoms with Crippen LogP contribution in [0.15, 0.2) is 85.1 Å². The fourth-order valence-electron chi connectivity index (χ4n) is 9.17. The van der Waals surface area contributed by atoms with Gasteiger partial charge < -0.3 is 33.3 Å². The molecule has 0 aliphatic rings. The zero-order valence-electron chi connectivity index (χ0n) is 52.0. The normalized spacial score (nSPS) is 13.3. The van der Waals surface area contributed by atoms with Crippen LogP contribution < -0.4 is 5.11 Å². The molecule has 0 rings (SSSR count). The molecule has 0 saturated heterocycles. The van der Waals surface area contributed by atoms with Gasteiger partial charge in [-0.3, -0.25) is 9.59 Å². The Morgan fingerprint density at radius 3 is 1.08 bits per heavy atom. The highest BCUT2D eigenvalue weighted by atomic mass is 16.7. The third-order valence-corrected chi connectivity index (χ3v) is 14.2. The van der Waals surface area contributed by atoms with Crippen molar-refractivity contribution in [2.24, 2.45) is 0 Å². The van der Waals surface area contributed by atoms with Gasteiger partial charge in [0.15, 0.2) is 12.4 Å². The molecule has 0 aromatic carbocycles. The molecular weight excluding hydrogens is 983 g/mol. The third kappa shape index (κ3) is 61.9. The standard InChI is InChI=1S/C70H123NO8/c1-6-8-10-12-14-16-18-20-22-24-25-26-27-28-29-30-31-32-33-34-35-36-37-38-39-40-41-42-43-45-47-49-51-53-55-57-59-61-68(73)79-66(65-78-70(69(74)75)76-63-62-71(3,4)5)64-77-67(72)60-58-56-54-52-50-48-46-44-23-21-19-17-15-13-11-9-7-2/h8,10,14,16,20,22,25-26,28-29,31-32,34-35,66,70H,6-7,9,11-13,15,17-19,21,23-24,27,30,33,36-65H2,1-5H3/b10-8-,16-14-,22-20-,26-25-,29-28-,32-31-,35-34-. The number of esters is 2. The van der Waals surface area contributed by atoms with Crippen LogP contribution in [0.2, 0.25) is 0 Å². The predicted molar refractivity (Wildman–Crippen MR) is 334 cm³/mol. The molecule has 0 aromatic rings. The number of carboxylic acids is 1. The van der Waals surface area contributed by atoms with Crippen LogP contribution in [-0.2, 0) is 33.3 Å². The van der Waals surface area contributed by atoms with Crippen molar-refractivity contribution >= 4 is 17.9 Å². The lowest BCUT2D eigenvalue weighted by atomic mass is 10.0. The topological polar surface area (TPSA) is 111 Å². The van der Waals surface area contributed by atoms with E-state index in [0.717, 1.165) is 83.5 Å². The summed E-state index contributed by atoms with van der Waals surface area (Å²) in [5.41, 5.74) is 0. The minimum Gasteiger partial charge on any atom is -0.545 e. The van der Waals surface area contributed by atoms with Gasteiger partial charge in [0.05, 0.1) is 40.3 Å². The molecule has 0 heterocycles. The second-order valence-corrected chi connectivity index (χ2v) is 23.0. The highest BCUT2D eigenvalue weighted by molar-refractivity contribution is 5.70. The number of carbonyl (C=O) groups excluding carboxylic acids is 3. The lowest BCUT2D eigenvalue weighted by Crippen LogP contribution is -2.44. The maximum atomic E-state index is 12.9. The summed E-state index contributed by atoms with van der Waals surface area (Å²) in [5, 5.41) is 11.8. The smallest absolute Gasteiger partial charge is 0.306 e. The minimum absolute atomic E-state index is 0.147. The Morgan fingerprint density at radius 1 is 0.392 bits per heavy atom. The van der Waals surface area contributed by atoms with Crippen LogP contribution in [0.1, 0.15) is 284 Å². The second kappa shape index (κ2) is 60.6. The van der Waals surface area contributed by atoms with Crippen molar-refractivity contribution in [3.8, 4) is 0 Å². The molecule has 456 valence electrons. The number of allylic oxidation sites excluding steroid dienone is 14. The lowest BCUT2D eigenvalue weighted by molar-refractivity contribution is -0.870. The van der Waals surface area contributed by atoms with Crippen molar-refractivity contribution < 1.29 is 42.9 Å². The van der Waals surface area contributed by atoms with E-state index in [1.165, 1.54) is 167 Å². The molecule has 2 atom stereocenters. The van der Waals surface area contributed by atoms with Gasteiger partial charge in [-0.25, -0.2) is 0 Å². The van der Waals surface area contributed by atoms with Crippen LogP contribution >= 0.6 is 0 Å². The summed E-state index contributed by atoms with van der Waals surface area (Å²) in [6, 6.07) is 0. The Kier molecular flexibility index (Phi) is 57.9. The maximum Gasteiger partial charge on any atom is 0.306 e. The van der Waals surface area contributed by atoms with Gasteiger partial charge in [0.1, 0.15) is 13.2 Å². The van der Waals surface area contributed by atoms with Crippen molar-refractivity contribution in [3.63, 3.8) is 0 Å². The monoisotopic (exact) mass is 1110 g/mol. The fraction of sp³-hybridized carbons (Fsp3) is 0.757. The molecule has 9 heteroatoms. The molecule has 0 bridgehead atoms. The van der Waals surface area contributed by atoms with Gasteiger partial charge in [0, 0.05) is 12.8 Å². The number of ether oxygens (including phenoxy) is 4. The van der Waals surface area contributed by atoms with Crippen molar-refractivity contribution in [1.82, 2.24) is 0 Å². The number of aliphatic carboxylic acids is 1. The zero-order valence-corrected chi connectivity index (χ0v) is 52.0. The van der Waals surface area contributed by atoms with Crippen LogP contribution in [-0.4, -0.2) is 82.3 Å². The highest BCUT2D eigenvalue weighted by Gasteiger charge is 2.22. The van der Waals surface area contributed by atoms with E-state index in [2.05, 4.69) is 98.9 Å². The average Bonchev–Trinajstić information content (AvgIpc) is 3.42. The number of nitrogens with zero attached hydrogens (tertiary/aromatic N) is 1. The molecule has 0 fully saturated rings. The van der Waals surface area contributed by atoms with E-state index in [4.69, 9.17) is 18.9 Å². The van der Waals surface area contributed by atoms with Gasteiger partial charge in [-0.1, -0.05) is 285 Å². The minimum atomic E-state index is -1.62. The van der Waals surface area contributed by atoms with E-state index in [-0.39, 0.29) is 32.2 Å². The molecule has 0 amide bonds. The number of carboxylic acid groups (broad SMARTS) is 1. The van der Waals surface area contributed by atoms with Gasteiger partial charge in [-0.15, -0.1) is 0 Å². The Balaban J connectivity index is 4.08. The van der Waals surface area contributed by atoms with E-state index in [1.54, 1.807) is 0 Å². The predicted octanol–water partition coefficient (Wildman–Crippen LogP) is 18.6. The second-order valence-electron chi connectivity index (χ2n) is 23.0. The quantitative estimate of drug-likeness (QED) is 0.0195. The molecule has 0 aliphatic carbocycles. The molecule has 0 aliphatic heterocycles. The summed E-state index contributed by atoms with van der Waals surface area (Å²) in [7, 11) is 5.93. The average molecular weight is 1110 g/mol. The summed E-state index contributed by atoms with van der Waals surface area (Å²) >= 11 is 0. The summed E-state index contributed by atoms with van der Waals surface area (Å²) in [6.07, 6.45) is 77.9. The number of likely N-dealkylation sites (N-methyl/N-ethyl adjacent to an activating group) is 1. The molecule has 0 radical (unpaired) electrons. The Hall–Kier alpha value is -3.53. The Morgan fingerprint density at radius 2 is 0.722 bits per heavy atom. The number of hydrogen-bond acceptors (Lipinski definition) is 8. The van der Waals surface area contributed by atoms with Crippen molar-refractivity contribution in [2.75, 3.05) is 47.5 Å². The Bertz CT molecular complexity index is 1570. The first kappa shape index (κ1) is 75.5. The van der Waals surface area contributed by atoms with E-state index >= 15 is 0 Å². The summed E-state index contributed by atoms with van der Waals surface area (Å²) in [5.74, 6) is -2.27. The van der Waals surface area contributed by atoms with E-state index in [1.807, 2.05) is 21.1 Å². The van der Waals surface area contributed by atoms with Gasteiger partial charge >= 0.3 is 11.9 Å². The number of unbranched alkanes of at least 4 members (excludes halogenated alkanes) is 31. The molecule has 2 unspecified atom stereocenters. The van der Waals surface area contributed by atoms with Crippen LogP contribution in [0.25, 0.3) is 0 Å². The molecule has 0 aromatic heterocycles. The fourth-order valence-corrected chi connectivity index (χ4v) is 9.17. The van der Waals surface area contributed by atoms with Gasteiger partial charge in [0.2, 0.25) is 0 Å². The van der Waals surface area contributed by atoms with Crippen LogP contribution in [0, 0.1) is 0 Å². The summed E-state index contributed by atoms with van der Waals surface area (Å²) in [4.78, 5) is 37.4. The van der Waals surface area contributed by atoms with Gasteiger partial charge in [0.25, 0.3) is 0 Å². The molecule has 9 nitrogen and oxygen atoms in total. The zero-order chi connectivity index (χ0) is 57.6.